The summed E-state index contributed by atoms with van der Waals surface area (Å²) in [5.41, 5.74) is 0.609. The molecule has 1 saturated heterocycles. The highest BCUT2D eigenvalue weighted by molar-refractivity contribution is 6.42. The van der Waals surface area contributed by atoms with Gasteiger partial charge >= 0.3 is 0 Å². The highest BCUT2D eigenvalue weighted by atomic mass is 35.5. The molecule has 2 aromatic carbocycles. The van der Waals surface area contributed by atoms with Gasteiger partial charge in [-0.25, -0.2) is 0 Å². The van der Waals surface area contributed by atoms with Crippen LogP contribution in [0.25, 0.3) is 0 Å². The number of hydrogen-bond donors (Lipinski definition) is 2. The number of carbonyl (C=O) groups is 1. The number of halogens is 2. The van der Waals surface area contributed by atoms with E-state index in [0.29, 0.717) is 27.1 Å². The van der Waals surface area contributed by atoms with E-state index in [4.69, 9.17) is 27.9 Å². The molecule has 0 bridgehead atoms. The predicted octanol–water partition coefficient (Wildman–Crippen LogP) is 4.27. The summed E-state index contributed by atoms with van der Waals surface area (Å²) in [7, 11) is 0. The molecular formula is C18H18Cl2N2O2. The molecule has 4 nitrogen and oxygen atoms in total. The summed E-state index contributed by atoms with van der Waals surface area (Å²) < 4.78 is 5.72. The lowest BCUT2D eigenvalue weighted by atomic mass is 10.1. The number of carbonyl (C=O) groups excluding carboxylic acids is 1. The van der Waals surface area contributed by atoms with Gasteiger partial charge in [-0.3, -0.25) is 4.79 Å². The highest BCUT2D eigenvalue weighted by Gasteiger charge is 2.16. The second kappa shape index (κ2) is 7.88. The van der Waals surface area contributed by atoms with E-state index in [2.05, 4.69) is 10.6 Å². The van der Waals surface area contributed by atoms with Crippen LogP contribution in [-0.2, 0) is 0 Å². The molecular weight excluding hydrogens is 347 g/mol. The fourth-order valence-electron chi connectivity index (χ4n) is 2.60. The monoisotopic (exact) mass is 364 g/mol. The number of piperidine rings is 1. The van der Waals surface area contributed by atoms with E-state index < -0.39 is 0 Å². The first kappa shape index (κ1) is 17.1. The molecule has 2 N–H and O–H groups in total. The molecule has 24 heavy (non-hydrogen) atoms. The maximum Gasteiger partial charge on any atom is 0.251 e. The largest absolute Gasteiger partial charge is 0.456 e. The minimum absolute atomic E-state index is 0.0609. The van der Waals surface area contributed by atoms with Crippen molar-refractivity contribution in [3.8, 4) is 11.5 Å². The third-order valence-electron chi connectivity index (χ3n) is 3.93. The molecule has 0 spiro atoms. The van der Waals surface area contributed by atoms with Crippen LogP contribution in [0.2, 0.25) is 10.0 Å². The average Bonchev–Trinajstić information content (AvgIpc) is 2.60. The second-order valence-corrected chi connectivity index (χ2v) is 6.46. The van der Waals surface area contributed by atoms with Gasteiger partial charge in [0.05, 0.1) is 5.02 Å². The van der Waals surface area contributed by atoms with Gasteiger partial charge in [0.25, 0.3) is 5.91 Å². The normalized spacial score (nSPS) is 15.1. The van der Waals surface area contributed by atoms with Crippen LogP contribution in [0, 0.1) is 0 Å². The van der Waals surface area contributed by atoms with Crippen LogP contribution in [-0.4, -0.2) is 25.0 Å². The Labute approximate surface area is 151 Å². The Balaban J connectivity index is 1.64. The molecule has 0 saturated carbocycles. The zero-order valence-corrected chi connectivity index (χ0v) is 14.5. The topological polar surface area (TPSA) is 50.4 Å². The molecule has 0 radical (unpaired) electrons. The number of benzene rings is 2. The average molecular weight is 365 g/mol. The lowest BCUT2D eigenvalue weighted by Gasteiger charge is -2.23. The van der Waals surface area contributed by atoms with Gasteiger partial charge in [-0.1, -0.05) is 29.3 Å². The van der Waals surface area contributed by atoms with Crippen molar-refractivity contribution < 1.29 is 9.53 Å². The highest BCUT2D eigenvalue weighted by Crippen LogP contribution is 2.34. The van der Waals surface area contributed by atoms with Crippen LogP contribution in [0.1, 0.15) is 23.2 Å². The summed E-state index contributed by atoms with van der Waals surface area (Å²) in [6, 6.07) is 12.4. The number of nitrogens with one attached hydrogen (secondary N) is 2. The van der Waals surface area contributed by atoms with Crippen LogP contribution in [0.5, 0.6) is 11.5 Å². The third kappa shape index (κ3) is 4.20. The first-order valence-corrected chi connectivity index (χ1v) is 8.62. The Hall–Kier alpha value is -1.75. The molecule has 1 aliphatic rings. The van der Waals surface area contributed by atoms with Gasteiger partial charge in [-0.15, -0.1) is 0 Å². The second-order valence-electron chi connectivity index (χ2n) is 5.68. The van der Waals surface area contributed by atoms with Gasteiger partial charge in [0.2, 0.25) is 0 Å². The predicted molar refractivity (Wildman–Crippen MR) is 96.3 cm³/mol. The van der Waals surface area contributed by atoms with E-state index in [0.717, 1.165) is 25.9 Å². The molecule has 126 valence electrons. The first-order chi connectivity index (χ1) is 11.6. The Morgan fingerprint density at radius 2 is 1.79 bits per heavy atom. The van der Waals surface area contributed by atoms with Gasteiger partial charge in [0.1, 0.15) is 16.5 Å². The van der Waals surface area contributed by atoms with Crippen LogP contribution in [0.3, 0.4) is 0 Å². The Morgan fingerprint density at radius 3 is 2.50 bits per heavy atom. The minimum atomic E-state index is -0.0609. The van der Waals surface area contributed by atoms with Crippen molar-refractivity contribution in [3.63, 3.8) is 0 Å². The van der Waals surface area contributed by atoms with E-state index in [1.54, 1.807) is 42.5 Å². The van der Waals surface area contributed by atoms with Crippen LogP contribution in [0.15, 0.2) is 42.5 Å². The standard InChI is InChI=1S/C18H18Cl2N2O2/c19-15-2-1-3-16(17(15)20)24-14-6-4-12(5-7-14)18(23)22-13-8-10-21-11-9-13/h1-7,13,21H,8-11H2,(H,22,23). The van der Waals surface area contributed by atoms with Crippen molar-refractivity contribution in [2.45, 2.75) is 18.9 Å². The van der Waals surface area contributed by atoms with Crippen LogP contribution >= 0.6 is 23.2 Å². The Kier molecular flexibility index (Phi) is 5.61. The molecule has 6 heteroatoms. The molecule has 0 aromatic heterocycles. The van der Waals surface area contributed by atoms with E-state index >= 15 is 0 Å². The van der Waals surface area contributed by atoms with Crippen molar-refractivity contribution in [2.75, 3.05) is 13.1 Å². The van der Waals surface area contributed by atoms with Crippen molar-refractivity contribution >= 4 is 29.1 Å². The van der Waals surface area contributed by atoms with Crippen LogP contribution < -0.4 is 15.4 Å². The smallest absolute Gasteiger partial charge is 0.251 e. The maximum absolute atomic E-state index is 12.3. The van der Waals surface area contributed by atoms with Gasteiger partial charge in [-0.2, -0.15) is 0 Å². The lowest BCUT2D eigenvalue weighted by molar-refractivity contribution is 0.0929. The molecule has 2 aromatic rings. The summed E-state index contributed by atoms with van der Waals surface area (Å²) in [5.74, 6) is 1.02. The molecule has 1 aliphatic heterocycles. The fourth-order valence-corrected chi connectivity index (χ4v) is 2.93. The van der Waals surface area contributed by atoms with Gasteiger partial charge in [0, 0.05) is 11.6 Å². The third-order valence-corrected chi connectivity index (χ3v) is 4.74. The number of amides is 1. The summed E-state index contributed by atoms with van der Waals surface area (Å²) in [6.07, 6.45) is 1.92. The molecule has 0 unspecified atom stereocenters. The summed E-state index contributed by atoms with van der Waals surface area (Å²) in [4.78, 5) is 12.3. The summed E-state index contributed by atoms with van der Waals surface area (Å²) in [6.45, 7) is 1.89. The van der Waals surface area contributed by atoms with Crippen molar-refractivity contribution in [1.82, 2.24) is 10.6 Å². The first-order valence-electron chi connectivity index (χ1n) is 7.87. The lowest BCUT2D eigenvalue weighted by Crippen LogP contribution is -2.42. The van der Waals surface area contributed by atoms with Gasteiger partial charge < -0.3 is 15.4 Å². The molecule has 1 heterocycles. The van der Waals surface area contributed by atoms with Gasteiger partial charge in [-0.05, 0) is 62.3 Å². The van der Waals surface area contributed by atoms with Crippen molar-refractivity contribution in [2.24, 2.45) is 0 Å². The van der Waals surface area contributed by atoms with Crippen LogP contribution in [0.4, 0.5) is 0 Å². The SMILES string of the molecule is O=C(NC1CCNCC1)c1ccc(Oc2cccc(Cl)c2Cl)cc1. The van der Waals surface area contributed by atoms with E-state index in [-0.39, 0.29) is 11.9 Å². The quantitative estimate of drug-likeness (QED) is 0.851. The molecule has 3 rings (SSSR count). The molecule has 1 fully saturated rings. The van der Waals surface area contributed by atoms with Crippen molar-refractivity contribution in [3.05, 3.63) is 58.1 Å². The van der Waals surface area contributed by atoms with E-state index in [1.807, 2.05) is 0 Å². The van der Waals surface area contributed by atoms with Gasteiger partial charge in [0.15, 0.2) is 0 Å². The molecule has 0 atom stereocenters. The summed E-state index contributed by atoms with van der Waals surface area (Å²) in [5, 5.41) is 7.15. The zero-order chi connectivity index (χ0) is 16.9. The fraction of sp³-hybridized carbons (Fsp3) is 0.278. The molecule has 0 aliphatic carbocycles. The number of ether oxygens (including phenoxy) is 1. The number of hydrogen-bond acceptors (Lipinski definition) is 3. The van der Waals surface area contributed by atoms with E-state index in [1.165, 1.54) is 0 Å². The maximum atomic E-state index is 12.3. The minimum Gasteiger partial charge on any atom is -0.456 e. The zero-order valence-electron chi connectivity index (χ0n) is 13.0. The summed E-state index contributed by atoms with van der Waals surface area (Å²) >= 11 is 12.1. The van der Waals surface area contributed by atoms with E-state index in [9.17, 15) is 4.79 Å². The Bertz CT molecular complexity index is 713. The Morgan fingerprint density at radius 1 is 1.08 bits per heavy atom. The number of rotatable bonds is 4. The van der Waals surface area contributed by atoms with Crippen molar-refractivity contribution in [1.29, 1.82) is 0 Å². The molecule has 1 amide bonds.